The fourth-order valence-electron chi connectivity index (χ4n) is 14.5. The molecule has 3 heteroatoms. The summed E-state index contributed by atoms with van der Waals surface area (Å²) in [7, 11) is 0. The van der Waals surface area contributed by atoms with Gasteiger partial charge in [0.1, 0.15) is 0 Å². The van der Waals surface area contributed by atoms with Gasteiger partial charge in [-0.3, -0.25) is 0 Å². The lowest BCUT2D eigenvalue weighted by Gasteiger charge is -2.39. The van der Waals surface area contributed by atoms with Crippen LogP contribution in [0.5, 0.6) is 0 Å². The highest BCUT2D eigenvalue weighted by Crippen LogP contribution is 2.64. The molecule has 2 aromatic heterocycles. The first kappa shape index (κ1) is 42.8. The van der Waals surface area contributed by atoms with Crippen LogP contribution in [0.3, 0.4) is 0 Å². The van der Waals surface area contributed by atoms with Crippen LogP contribution in [0.15, 0.2) is 279 Å². The summed E-state index contributed by atoms with van der Waals surface area (Å²) in [4.78, 5) is 2.52. The summed E-state index contributed by atoms with van der Waals surface area (Å²) >= 11 is 1.87. The average molecular weight is 995 g/mol. The van der Waals surface area contributed by atoms with E-state index >= 15 is 0 Å². The predicted octanol–water partition coefficient (Wildman–Crippen LogP) is 19.3. The van der Waals surface area contributed by atoms with Crippen LogP contribution in [0.25, 0.3) is 81.0 Å². The van der Waals surface area contributed by atoms with E-state index in [1.54, 1.807) is 0 Å². The molecular formula is C74H46N2S. The van der Waals surface area contributed by atoms with E-state index in [9.17, 15) is 0 Å². The lowest BCUT2D eigenvalue weighted by atomic mass is 9.65. The van der Waals surface area contributed by atoms with Gasteiger partial charge in [0.2, 0.25) is 0 Å². The number of nitrogens with zero attached hydrogens (tertiary/aromatic N) is 2. The van der Waals surface area contributed by atoms with Crippen molar-refractivity contribution in [3.05, 3.63) is 324 Å². The van der Waals surface area contributed by atoms with E-state index < -0.39 is 10.8 Å². The second-order valence-corrected chi connectivity index (χ2v) is 22.1. The Labute approximate surface area is 450 Å². The van der Waals surface area contributed by atoms with Crippen LogP contribution in [0, 0.1) is 0 Å². The van der Waals surface area contributed by atoms with Crippen LogP contribution in [-0.2, 0) is 10.8 Å². The van der Waals surface area contributed by atoms with Crippen molar-refractivity contribution < 1.29 is 0 Å². The molecule has 0 N–H and O–H groups in total. The molecule has 0 radical (unpaired) electrons. The maximum absolute atomic E-state index is 2.53. The lowest BCUT2D eigenvalue weighted by Crippen LogP contribution is -2.33. The van der Waals surface area contributed by atoms with Crippen molar-refractivity contribution in [3.8, 4) is 39.1 Å². The van der Waals surface area contributed by atoms with Gasteiger partial charge < -0.3 is 9.47 Å². The minimum absolute atomic E-state index is 0.508. The third-order valence-electron chi connectivity index (χ3n) is 17.5. The van der Waals surface area contributed by atoms with Gasteiger partial charge in [0.15, 0.2) is 0 Å². The molecule has 0 fully saturated rings. The Morgan fingerprint density at radius 1 is 0.325 bits per heavy atom. The molecule has 14 aromatic rings. The lowest BCUT2D eigenvalue weighted by molar-refractivity contribution is 0.748. The summed E-state index contributed by atoms with van der Waals surface area (Å²) in [6.45, 7) is 0. The first-order chi connectivity index (χ1) is 38.2. The van der Waals surface area contributed by atoms with Gasteiger partial charge in [0, 0.05) is 47.9 Å². The molecular weight excluding hydrogens is 949 g/mol. The highest BCUT2D eigenvalue weighted by molar-refractivity contribution is 7.25. The Bertz CT molecular complexity index is 4710. The Hall–Kier alpha value is -9.54. The predicted molar refractivity (Wildman–Crippen MR) is 322 cm³/mol. The maximum Gasteiger partial charge on any atom is 0.0755 e. The molecule has 358 valence electrons. The second kappa shape index (κ2) is 16.0. The van der Waals surface area contributed by atoms with Gasteiger partial charge in [-0.25, -0.2) is 0 Å². The SMILES string of the molecule is c1ccc(C2(c3ccc(N(c4ccc(-c5ccc6sc7ccccc7c6c5)cc4)c4cccc5c4-c4ccccc4C54c5ccccc5-n5c6ccccc6c6cccc4c65)cc3)c3ccccc3-c3ccccc32)cc1. The van der Waals surface area contributed by atoms with Crippen molar-refractivity contribution in [1.82, 2.24) is 4.57 Å². The molecule has 0 saturated heterocycles. The largest absolute Gasteiger partial charge is 0.310 e. The molecule has 12 aromatic carbocycles. The van der Waals surface area contributed by atoms with Gasteiger partial charge in [0.05, 0.1) is 33.2 Å². The van der Waals surface area contributed by atoms with E-state index in [1.807, 2.05) is 11.3 Å². The number of hydrogen-bond acceptors (Lipinski definition) is 2. The third kappa shape index (κ3) is 5.63. The summed E-state index contributed by atoms with van der Waals surface area (Å²) in [5.41, 5.74) is 23.8. The van der Waals surface area contributed by atoms with Crippen molar-refractivity contribution in [3.63, 3.8) is 0 Å². The molecule has 2 nitrogen and oxygen atoms in total. The quantitative estimate of drug-likeness (QED) is 0.161. The number of thiophene rings is 1. The van der Waals surface area contributed by atoms with Crippen LogP contribution in [0.1, 0.15) is 44.5 Å². The van der Waals surface area contributed by atoms with Crippen molar-refractivity contribution in [2.24, 2.45) is 0 Å². The van der Waals surface area contributed by atoms with Crippen molar-refractivity contribution >= 4 is 70.4 Å². The number of fused-ring (bicyclic) bond motifs is 18. The van der Waals surface area contributed by atoms with Crippen molar-refractivity contribution in [2.45, 2.75) is 10.8 Å². The fourth-order valence-corrected chi connectivity index (χ4v) is 15.6. The summed E-state index contributed by atoms with van der Waals surface area (Å²) in [5, 5.41) is 5.18. The Morgan fingerprint density at radius 2 is 0.857 bits per heavy atom. The van der Waals surface area contributed by atoms with E-state index in [-0.39, 0.29) is 0 Å². The van der Waals surface area contributed by atoms with Gasteiger partial charge in [-0.1, -0.05) is 218 Å². The summed E-state index contributed by atoms with van der Waals surface area (Å²) < 4.78 is 5.17. The summed E-state index contributed by atoms with van der Waals surface area (Å²) in [6.07, 6.45) is 0. The minimum Gasteiger partial charge on any atom is -0.310 e. The van der Waals surface area contributed by atoms with Gasteiger partial charge in [-0.2, -0.15) is 0 Å². The highest BCUT2D eigenvalue weighted by atomic mass is 32.1. The zero-order chi connectivity index (χ0) is 50.4. The van der Waals surface area contributed by atoms with Crippen LogP contribution in [-0.4, -0.2) is 4.57 Å². The van der Waals surface area contributed by atoms with Gasteiger partial charge in [-0.05, 0) is 133 Å². The van der Waals surface area contributed by atoms with Gasteiger partial charge >= 0.3 is 0 Å². The standard InChI is InChI=1S/C74H46N2S/c1-2-18-49(19-3-1)73(60-26-9-4-20-53(60)54-21-5-10-27-61(54)73)50-39-43-52(44-40-50)75(51-41-36-47(37-42-51)48-38-45-70-59(46-48)56-23-8-15-35-69(56)77-70)68-34-17-30-64-71(68)58-24-6-11-28-62(58)74(64)63-29-12-14-33-67(63)76-66-32-13-7-22-55(66)57-25-16-31-65(74)72(57)76/h1-46H. The summed E-state index contributed by atoms with van der Waals surface area (Å²) in [6, 6.07) is 105. The third-order valence-corrected chi connectivity index (χ3v) is 18.6. The maximum atomic E-state index is 2.53. The number of hydrogen-bond donors (Lipinski definition) is 0. The Balaban J connectivity index is 0.904. The van der Waals surface area contributed by atoms with Gasteiger partial charge in [-0.15, -0.1) is 11.3 Å². The molecule has 3 heterocycles. The molecule has 0 amide bonds. The number of rotatable bonds is 6. The molecule has 1 aliphatic heterocycles. The molecule has 0 bridgehead atoms. The minimum atomic E-state index is -0.586. The molecule has 3 aliphatic rings. The number of benzene rings is 12. The Morgan fingerprint density at radius 3 is 1.62 bits per heavy atom. The second-order valence-electron chi connectivity index (χ2n) is 21.0. The van der Waals surface area contributed by atoms with Crippen molar-refractivity contribution in [2.75, 3.05) is 4.90 Å². The topological polar surface area (TPSA) is 8.17 Å². The molecule has 17 rings (SSSR count). The number of para-hydroxylation sites is 3. The molecule has 1 atom stereocenters. The van der Waals surface area contributed by atoms with E-state index in [0.717, 1.165) is 17.1 Å². The number of aromatic nitrogens is 1. The molecule has 1 unspecified atom stereocenters. The fraction of sp³-hybridized carbons (Fsp3) is 0.0270. The van der Waals surface area contributed by atoms with Crippen molar-refractivity contribution in [1.29, 1.82) is 0 Å². The Kier molecular flexibility index (Phi) is 8.88. The normalized spacial score (nSPS) is 15.2. The van der Waals surface area contributed by atoms with E-state index in [2.05, 4.69) is 289 Å². The van der Waals surface area contributed by atoms with Gasteiger partial charge in [0.25, 0.3) is 0 Å². The van der Waals surface area contributed by atoms with E-state index in [0.29, 0.717) is 0 Å². The number of anilines is 3. The highest BCUT2D eigenvalue weighted by Gasteiger charge is 2.52. The monoisotopic (exact) mass is 994 g/mol. The molecule has 0 saturated carbocycles. The van der Waals surface area contributed by atoms with Crippen LogP contribution in [0.2, 0.25) is 0 Å². The smallest absolute Gasteiger partial charge is 0.0755 e. The van der Waals surface area contributed by atoms with Crippen LogP contribution < -0.4 is 4.90 Å². The molecule has 2 aliphatic carbocycles. The van der Waals surface area contributed by atoms with Crippen LogP contribution in [0.4, 0.5) is 17.1 Å². The molecule has 1 spiro atoms. The summed E-state index contributed by atoms with van der Waals surface area (Å²) in [5.74, 6) is 0. The van der Waals surface area contributed by atoms with E-state index in [1.165, 1.54) is 126 Å². The van der Waals surface area contributed by atoms with E-state index in [4.69, 9.17) is 0 Å². The zero-order valence-corrected chi connectivity index (χ0v) is 42.7. The zero-order valence-electron chi connectivity index (χ0n) is 41.9. The average Bonchev–Trinajstić information content (AvgIpc) is 4.27. The first-order valence-corrected chi connectivity index (χ1v) is 27.6. The molecule has 77 heavy (non-hydrogen) atoms. The van der Waals surface area contributed by atoms with Crippen LogP contribution >= 0.6 is 11.3 Å². The first-order valence-electron chi connectivity index (χ1n) is 26.7.